The molecule has 0 saturated carbocycles. The number of hydrogen-bond acceptors (Lipinski definition) is 1. The Morgan fingerprint density at radius 3 is 2.88 bits per heavy atom. The number of hydrogen-bond donors (Lipinski definition) is 0. The molecule has 3 rings (SSSR count). The van der Waals surface area contributed by atoms with Crippen LogP contribution in [0.2, 0.25) is 0 Å². The number of aromatic nitrogens is 1. The first-order valence-electron chi connectivity index (χ1n) is 5.98. The highest BCUT2D eigenvalue weighted by Crippen LogP contribution is 2.29. The number of benzene rings is 1. The Morgan fingerprint density at radius 1 is 1.29 bits per heavy atom. The van der Waals surface area contributed by atoms with E-state index in [1.165, 1.54) is 27.7 Å². The van der Waals surface area contributed by atoms with Gasteiger partial charge in [0.25, 0.3) is 0 Å². The molecule has 1 aliphatic rings. The third kappa shape index (κ3) is 1.46. The zero-order chi connectivity index (χ0) is 12.0. The Labute approximate surface area is 101 Å². The summed E-state index contributed by atoms with van der Waals surface area (Å²) in [5, 5.41) is 1.33. The van der Waals surface area contributed by atoms with E-state index in [0.29, 0.717) is 6.67 Å². The molecule has 0 atom stereocenters. The van der Waals surface area contributed by atoms with E-state index in [4.69, 9.17) is 0 Å². The van der Waals surface area contributed by atoms with E-state index in [1.807, 2.05) is 4.90 Å². The zero-order valence-electron chi connectivity index (χ0n) is 10.2. The molecule has 1 aromatic heterocycles. The van der Waals surface area contributed by atoms with Crippen LogP contribution < -0.4 is 0 Å². The van der Waals surface area contributed by atoms with Gasteiger partial charge >= 0.3 is 0 Å². The van der Waals surface area contributed by atoms with Crippen LogP contribution in [0.15, 0.2) is 18.2 Å². The molecule has 0 spiro atoms. The molecule has 0 saturated heterocycles. The summed E-state index contributed by atoms with van der Waals surface area (Å²) in [4.78, 5) is 12.7. The van der Waals surface area contributed by atoms with Gasteiger partial charge in [0.2, 0.25) is 6.41 Å². The Morgan fingerprint density at radius 2 is 2.12 bits per heavy atom. The molecule has 3 heteroatoms. The standard InChI is InChI=1S/C14H16N2O/c1-10-3-4-14-12(7-10)11(2)13-5-6-15(9-17)8-16(13)14/h3-4,7,9H,5-6,8H2,1-2H3. The van der Waals surface area contributed by atoms with Gasteiger partial charge in [-0.25, -0.2) is 0 Å². The second kappa shape index (κ2) is 3.62. The van der Waals surface area contributed by atoms with Gasteiger partial charge in [0.1, 0.15) is 0 Å². The lowest BCUT2D eigenvalue weighted by atomic mass is 10.1. The van der Waals surface area contributed by atoms with Gasteiger partial charge in [0.15, 0.2) is 0 Å². The molecule has 2 heterocycles. The fourth-order valence-corrected chi connectivity index (χ4v) is 2.76. The third-order valence-corrected chi connectivity index (χ3v) is 3.71. The summed E-state index contributed by atoms with van der Waals surface area (Å²) in [6.07, 6.45) is 1.90. The summed E-state index contributed by atoms with van der Waals surface area (Å²) in [5.74, 6) is 0. The van der Waals surface area contributed by atoms with E-state index < -0.39 is 0 Å². The van der Waals surface area contributed by atoms with E-state index in [2.05, 4.69) is 36.6 Å². The fraction of sp³-hybridized carbons (Fsp3) is 0.357. The van der Waals surface area contributed by atoms with Gasteiger partial charge in [-0.15, -0.1) is 0 Å². The second-order valence-electron chi connectivity index (χ2n) is 4.83. The van der Waals surface area contributed by atoms with E-state index >= 15 is 0 Å². The molecule has 2 aromatic rings. The summed E-state index contributed by atoms with van der Waals surface area (Å²) in [6, 6.07) is 6.53. The number of rotatable bonds is 1. The van der Waals surface area contributed by atoms with Gasteiger partial charge in [0, 0.05) is 24.0 Å². The van der Waals surface area contributed by atoms with Crippen molar-refractivity contribution in [3.63, 3.8) is 0 Å². The average molecular weight is 228 g/mol. The maximum absolute atomic E-state index is 10.9. The number of fused-ring (bicyclic) bond motifs is 3. The summed E-state index contributed by atoms with van der Waals surface area (Å²) < 4.78 is 2.27. The molecule has 0 N–H and O–H groups in total. The maximum Gasteiger partial charge on any atom is 0.211 e. The molecule has 88 valence electrons. The summed E-state index contributed by atoms with van der Waals surface area (Å²) in [5.41, 5.74) is 5.28. The lowest BCUT2D eigenvalue weighted by Crippen LogP contribution is -2.33. The van der Waals surface area contributed by atoms with E-state index in [9.17, 15) is 4.79 Å². The van der Waals surface area contributed by atoms with Crippen molar-refractivity contribution in [1.82, 2.24) is 9.47 Å². The van der Waals surface area contributed by atoms with Crippen molar-refractivity contribution in [2.45, 2.75) is 26.9 Å². The van der Waals surface area contributed by atoms with Crippen molar-refractivity contribution < 1.29 is 4.79 Å². The topological polar surface area (TPSA) is 25.2 Å². The van der Waals surface area contributed by atoms with Crippen LogP contribution >= 0.6 is 0 Å². The fourth-order valence-electron chi connectivity index (χ4n) is 2.76. The molecular formula is C14H16N2O. The quantitative estimate of drug-likeness (QED) is 0.687. The van der Waals surface area contributed by atoms with Crippen LogP contribution in [-0.4, -0.2) is 22.4 Å². The molecule has 0 radical (unpaired) electrons. The van der Waals surface area contributed by atoms with Crippen LogP contribution in [-0.2, 0) is 17.9 Å². The molecule has 1 aliphatic heterocycles. The van der Waals surface area contributed by atoms with Gasteiger partial charge in [-0.05, 0) is 31.5 Å². The van der Waals surface area contributed by atoms with Crippen molar-refractivity contribution in [3.05, 3.63) is 35.0 Å². The highest BCUT2D eigenvalue weighted by Gasteiger charge is 2.20. The van der Waals surface area contributed by atoms with Crippen molar-refractivity contribution >= 4 is 17.3 Å². The predicted octanol–water partition coefficient (Wildman–Crippen LogP) is 2.23. The molecule has 1 amide bonds. The minimum Gasteiger partial charge on any atom is -0.327 e. The third-order valence-electron chi connectivity index (χ3n) is 3.71. The van der Waals surface area contributed by atoms with Crippen molar-refractivity contribution in [1.29, 1.82) is 0 Å². The largest absolute Gasteiger partial charge is 0.327 e. The highest BCUT2D eigenvalue weighted by atomic mass is 16.1. The second-order valence-corrected chi connectivity index (χ2v) is 4.83. The number of aryl methyl sites for hydroxylation is 2. The summed E-state index contributed by atoms with van der Waals surface area (Å²) in [6.45, 7) is 5.82. The van der Waals surface area contributed by atoms with Gasteiger partial charge in [-0.2, -0.15) is 0 Å². The molecule has 0 fully saturated rings. The van der Waals surface area contributed by atoms with Crippen LogP contribution in [0.25, 0.3) is 10.9 Å². The lowest BCUT2D eigenvalue weighted by molar-refractivity contribution is -0.120. The van der Waals surface area contributed by atoms with Gasteiger partial charge < -0.3 is 9.47 Å². The Kier molecular flexibility index (Phi) is 2.21. The summed E-state index contributed by atoms with van der Waals surface area (Å²) >= 11 is 0. The lowest BCUT2D eigenvalue weighted by Gasteiger charge is -2.26. The minimum atomic E-state index is 0.687. The van der Waals surface area contributed by atoms with Gasteiger partial charge in [0.05, 0.1) is 12.2 Å². The smallest absolute Gasteiger partial charge is 0.211 e. The SMILES string of the molecule is Cc1ccc2c(c1)c(C)c1n2CN(C=O)CC1. The van der Waals surface area contributed by atoms with Crippen LogP contribution in [0.4, 0.5) is 0 Å². The van der Waals surface area contributed by atoms with Crippen molar-refractivity contribution in [2.75, 3.05) is 6.54 Å². The van der Waals surface area contributed by atoms with E-state index in [-0.39, 0.29) is 0 Å². The Hall–Kier alpha value is -1.77. The molecule has 1 aromatic carbocycles. The molecule has 0 aliphatic carbocycles. The number of amides is 1. The molecule has 3 nitrogen and oxygen atoms in total. The van der Waals surface area contributed by atoms with E-state index in [0.717, 1.165) is 19.4 Å². The number of nitrogens with zero attached hydrogens (tertiary/aromatic N) is 2. The molecule has 0 bridgehead atoms. The molecule has 0 unspecified atom stereocenters. The van der Waals surface area contributed by atoms with Crippen LogP contribution in [0, 0.1) is 13.8 Å². The van der Waals surface area contributed by atoms with Crippen molar-refractivity contribution in [3.8, 4) is 0 Å². The molecular weight excluding hydrogens is 212 g/mol. The number of carbonyl (C=O) groups is 1. The summed E-state index contributed by atoms with van der Waals surface area (Å²) in [7, 11) is 0. The monoisotopic (exact) mass is 228 g/mol. The highest BCUT2D eigenvalue weighted by molar-refractivity contribution is 5.86. The zero-order valence-corrected chi connectivity index (χ0v) is 10.2. The van der Waals surface area contributed by atoms with Gasteiger partial charge in [-0.1, -0.05) is 11.6 Å². The van der Waals surface area contributed by atoms with Crippen LogP contribution in [0.3, 0.4) is 0 Å². The van der Waals surface area contributed by atoms with E-state index in [1.54, 1.807) is 0 Å². The first-order valence-corrected chi connectivity index (χ1v) is 5.98. The van der Waals surface area contributed by atoms with Gasteiger partial charge in [-0.3, -0.25) is 4.79 Å². The van der Waals surface area contributed by atoms with Crippen LogP contribution in [0.5, 0.6) is 0 Å². The minimum absolute atomic E-state index is 0.687. The number of carbonyl (C=O) groups excluding carboxylic acids is 1. The van der Waals surface area contributed by atoms with Crippen LogP contribution in [0.1, 0.15) is 16.8 Å². The molecule has 17 heavy (non-hydrogen) atoms. The normalized spacial score (nSPS) is 15.1. The average Bonchev–Trinajstić information content (AvgIpc) is 2.62. The van der Waals surface area contributed by atoms with Crippen molar-refractivity contribution in [2.24, 2.45) is 0 Å². The Bertz CT molecular complexity index is 598. The Balaban J connectivity index is 2.25. The predicted molar refractivity (Wildman–Crippen MR) is 67.9 cm³/mol. The maximum atomic E-state index is 10.9. The first kappa shape index (κ1) is 10.4. The first-order chi connectivity index (χ1) is 8.20.